The van der Waals surface area contributed by atoms with Crippen molar-refractivity contribution in [2.45, 2.75) is 0 Å². The van der Waals surface area contributed by atoms with Crippen LogP contribution in [-0.2, 0) is 4.74 Å². The number of amides is 1. The molecule has 0 spiro atoms. The molecule has 80 valence electrons. The molecule has 1 amide bonds. The molecule has 15 heavy (non-hydrogen) atoms. The van der Waals surface area contributed by atoms with E-state index in [0.717, 1.165) is 0 Å². The number of nitrogens with zero attached hydrogens (tertiary/aromatic N) is 1. The molecule has 1 rings (SSSR count). The molecule has 0 aliphatic heterocycles. The van der Waals surface area contributed by atoms with Gasteiger partial charge in [0.15, 0.2) is 0 Å². The summed E-state index contributed by atoms with van der Waals surface area (Å²) in [5.74, 6) is -0.579. The van der Waals surface area contributed by atoms with E-state index in [1.165, 1.54) is 18.1 Å². The number of carbonyl (C=O) groups is 2. The minimum absolute atomic E-state index is 0.138. The van der Waals surface area contributed by atoms with Crippen LogP contribution in [0.25, 0.3) is 0 Å². The Labute approximate surface area is 88.5 Å². The van der Waals surface area contributed by atoms with Crippen molar-refractivity contribution in [2.75, 3.05) is 21.2 Å². The van der Waals surface area contributed by atoms with Gasteiger partial charge in [0.2, 0.25) is 0 Å². The Hall–Kier alpha value is -1.84. The van der Waals surface area contributed by atoms with Gasteiger partial charge in [-0.15, -0.1) is 0 Å². The molecule has 4 heteroatoms. The zero-order valence-electron chi connectivity index (χ0n) is 8.98. The van der Waals surface area contributed by atoms with Gasteiger partial charge in [-0.1, -0.05) is 6.07 Å². The molecule has 0 heterocycles. The quantitative estimate of drug-likeness (QED) is 0.684. The first-order valence-electron chi connectivity index (χ1n) is 4.46. The number of benzene rings is 1. The average Bonchev–Trinajstić information content (AvgIpc) is 2.27. The molecule has 0 bridgehead atoms. The molecule has 0 radical (unpaired) electrons. The van der Waals surface area contributed by atoms with Crippen LogP contribution in [0, 0.1) is 0 Å². The van der Waals surface area contributed by atoms with E-state index in [1.54, 1.807) is 32.3 Å². The van der Waals surface area contributed by atoms with Gasteiger partial charge in [-0.3, -0.25) is 4.79 Å². The van der Waals surface area contributed by atoms with E-state index in [0.29, 0.717) is 11.1 Å². The third-order valence-electron chi connectivity index (χ3n) is 1.94. The number of ether oxygens (including phenoxy) is 1. The number of carbonyl (C=O) groups excluding carboxylic acids is 2. The van der Waals surface area contributed by atoms with E-state index in [9.17, 15) is 9.59 Å². The molecule has 1 aromatic carbocycles. The minimum atomic E-state index is -0.441. The van der Waals surface area contributed by atoms with E-state index in [2.05, 4.69) is 4.74 Å². The Morgan fingerprint density at radius 1 is 1.20 bits per heavy atom. The Balaban J connectivity index is 3.02. The van der Waals surface area contributed by atoms with Crippen LogP contribution in [0.15, 0.2) is 24.3 Å². The minimum Gasteiger partial charge on any atom is -0.465 e. The molecule has 0 unspecified atom stereocenters. The SMILES string of the molecule is COC(=O)c1cccc(C(=O)N(C)C)c1. The van der Waals surface area contributed by atoms with Crippen molar-refractivity contribution < 1.29 is 14.3 Å². The summed E-state index contributed by atoms with van der Waals surface area (Å²) in [7, 11) is 4.63. The summed E-state index contributed by atoms with van der Waals surface area (Å²) in [5, 5.41) is 0. The standard InChI is InChI=1S/C11H13NO3/c1-12(2)10(13)8-5-4-6-9(7-8)11(14)15-3/h4-7H,1-3H3. The predicted octanol–water partition coefficient (Wildman–Crippen LogP) is 1.18. The molecule has 0 saturated heterocycles. The van der Waals surface area contributed by atoms with E-state index >= 15 is 0 Å². The Morgan fingerprint density at radius 3 is 2.33 bits per heavy atom. The summed E-state index contributed by atoms with van der Waals surface area (Å²) in [6, 6.07) is 6.45. The summed E-state index contributed by atoms with van der Waals surface area (Å²) in [4.78, 5) is 24.2. The average molecular weight is 207 g/mol. The predicted molar refractivity (Wildman–Crippen MR) is 55.8 cm³/mol. The molecule has 0 aliphatic rings. The highest BCUT2D eigenvalue weighted by atomic mass is 16.5. The highest BCUT2D eigenvalue weighted by Gasteiger charge is 2.11. The molecule has 4 nitrogen and oxygen atoms in total. The molecule has 0 saturated carbocycles. The van der Waals surface area contributed by atoms with Crippen LogP contribution in [0.2, 0.25) is 0 Å². The number of hydrogen-bond acceptors (Lipinski definition) is 3. The van der Waals surface area contributed by atoms with Crippen molar-refractivity contribution in [2.24, 2.45) is 0 Å². The monoisotopic (exact) mass is 207 g/mol. The number of hydrogen-bond donors (Lipinski definition) is 0. The van der Waals surface area contributed by atoms with Crippen LogP contribution < -0.4 is 0 Å². The largest absolute Gasteiger partial charge is 0.465 e. The Morgan fingerprint density at radius 2 is 1.80 bits per heavy atom. The molecular weight excluding hydrogens is 194 g/mol. The van der Waals surface area contributed by atoms with E-state index in [4.69, 9.17) is 0 Å². The van der Waals surface area contributed by atoms with Crippen molar-refractivity contribution in [3.05, 3.63) is 35.4 Å². The fourth-order valence-electron chi connectivity index (χ4n) is 1.16. The fourth-order valence-corrected chi connectivity index (χ4v) is 1.16. The topological polar surface area (TPSA) is 46.6 Å². The van der Waals surface area contributed by atoms with Gasteiger partial charge < -0.3 is 9.64 Å². The van der Waals surface area contributed by atoms with Gasteiger partial charge in [0, 0.05) is 19.7 Å². The van der Waals surface area contributed by atoms with Gasteiger partial charge >= 0.3 is 5.97 Å². The Kier molecular flexibility index (Phi) is 3.44. The first-order chi connectivity index (χ1) is 7.06. The number of methoxy groups -OCH3 is 1. The Bertz CT molecular complexity index is 385. The lowest BCUT2D eigenvalue weighted by Gasteiger charge is -2.10. The first-order valence-corrected chi connectivity index (χ1v) is 4.46. The van der Waals surface area contributed by atoms with E-state index in [1.807, 2.05) is 0 Å². The summed E-state index contributed by atoms with van der Waals surface area (Å²) < 4.78 is 4.57. The summed E-state index contributed by atoms with van der Waals surface area (Å²) in [5.41, 5.74) is 0.855. The molecule has 0 fully saturated rings. The van der Waals surface area contributed by atoms with Gasteiger partial charge in [-0.05, 0) is 18.2 Å². The van der Waals surface area contributed by atoms with Gasteiger partial charge in [-0.2, -0.15) is 0 Å². The van der Waals surface area contributed by atoms with Gasteiger partial charge in [0.05, 0.1) is 12.7 Å². The van der Waals surface area contributed by atoms with E-state index in [-0.39, 0.29) is 5.91 Å². The fraction of sp³-hybridized carbons (Fsp3) is 0.273. The van der Waals surface area contributed by atoms with Crippen LogP contribution in [0.3, 0.4) is 0 Å². The van der Waals surface area contributed by atoms with Crippen LogP contribution in [0.1, 0.15) is 20.7 Å². The zero-order valence-corrected chi connectivity index (χ0v) is 8.98. The van der Waals surface area contributed by atoms with Crippen molar-refractivity contribution in [3.63, 3.8) is 0 Å². The van der Waals surface area contributed by atoms with Gasteiger partial charge in [-0.25, -0.2) is 4.79 Å². The lowest BCUT2D eigenvalue weighted by molar-refractivity contribution is 0.0600. The maximum absolute atomic E-state index is 11.6. The molecule has 0 N–H and O–H groups in total. The molecule has 0 atom stereocenters. The van der Waals surface area contributed by atoms with Crippen molar-refractivity contribution in [3.8, 4) is 0 Å². The van der Waals surface area contributed by atoms with Crippen LogP contribution >= 0.6 is 0 Å². The normalized spacial score (nSPS) is 9.53. The smallest absolute Gasteiger partial charge is 0.337 e. The lowest BCUT2D eigenvalue weighted by Crippen LogP contribution is -2.21. The summed E-state index contributed by atoms with van der Waals surface area (Å²) >= 11 is 0. The number of esters is 1. The second-order valence-electron chi connectivity index (χ2n) is 3.27. The highest BCUT2D eigenvalue weighted by Crippen LogP contribution is 2.08. The maximum atomic E-state index is 11.6. The third kappa shape index (κ3) is 2.56. The van der Waals surface area contributed by atoms with Crippen molar-refractivity contribution in [1.82, 2.24) is 4.90 Å². The molecule has 0 aromatic heterocycles. The maximum Gasteiger partial charge on any atom is 0.337 e. The summed E-state index contributed by atoms with van der Waals surface area (Å²) in [6.07, 6.45) is 0. The van der Waals surface area contributed by atoms with Crippen LogP contribution in [0.4, 0.5) is 0 Å². The van der Waals surface area contributed by atoms with Crippen LogP contribution in [-0.4, -0.2) is 38.0 Å². The van der Waals surface area contributed by atoms with Gasteiger partial charge in [0.1, 0.15) is 0 Å². The highest BCUT2D eigenvalue weighted by molar-refractivity contribution is 5.97. The molecule has 1 aromatic rings. The lowest BCUT2D eigenvalue weighted by atomic mass is 10.1. The first kappa shape index (κ1) is 11.2. The summed E-state index contributed by atoms with van der Waals surface area (Å²) in [6.45, 7) is 0. The van der Waals surface area contributed by atoms with Crippen LogP contribution in [0.5, 0.6) is 0 Å². The second-order valence-corrected chi connectivity index (χ2v) is 3.27. The third-order valence-corrected chi connectivity index (χ3v) is 1.94. The second kappa shape index (κ2) is 4.59. The zero-order chi connectivity index (χ0) is 11.4. The number of rotatable bonds is 2. The molecule has 0 aliphatic carbocycles. The van der Waals surface area contributed by atoms with Gasteiger partial charge in [0.25, 0.3) is 5.91 Å². The van der Waals surface area contributed by atoms with Crippen molar-refractivity contribution >= 4 is 11.9 Å². The molecular formula is C11H13NO3. The van der Waals surface area contributed by atoms with E-state index < -0.39 is 5.97 Å². The van der Waals surface area contributed by atoms with Crippen molar-refractivity contribution in [1.29, 1.82) is 0 Å².